The molecule has 7 rings (SSSR count). The molecule has 194 valence electrons. The number of fused-ring (bicyclic) bond motifs is 2. The Morgan fingerprint density at radius 1 is 0.974 bits per heavy atom. The maximum atomic E-state index is 11.2. The fraction of sp³-hybridized carbons (Fsp3) is 0.310. The number of rotatable bonds is 6. The van der Waals surface area contributed by atoms with Crippen molar-refractivity contribution in [3.63, 3.8) is 0 Å². The molecule has 1 aromatic heterocycles. The van der Waals surface area contributed by atoms with Crippen LogP contribution in [0.15, 0.2) is 60.7 Å². The van der Waals surface area contributed by atoms with Gasteiger partial charge in [-0.25, -0.2) is 0 Å². The van der Waals surface area contributed by atoms with Crippen LogP contribution >= 0.6 is 11.6 Å². The van der Waals surface area contributed by atoms with E-state index in [1.54, 1.807) is 0 Å². The molecule has 3 heterocycles. The Bertz CT molecular complexity index is 1520. The van der Waals surface area contributed by atoms with Gasteiger partial charge in [-0.05, 0) is 46.7 Å². The fourth-order valence-electron chi connectivity index (χ4n) is 5.57. The zero-order valence-corrected chi connectivity index (χ0v) is 21.0. The monoisotopic (exact) mass is 532 g/mol. The van der Waals surface area contributed by atoms with Crippen molar-refractivity contribution >= 4 is 28.6 Å². The zero-order chi connectivity index (χ0) is 26.0. The average molecular weight is 533 g/mol. The number of nitrogens with one attached hydrogen (secondary N) is 1. The number of nitrogens with zero attached hydrogens (tertiary/aromatic N) is 1. The molecule has 2 unspecified atom stereocenters. The minimum Gasteiger partial charge on any atom is -0.481 e. The minimum atomic E-state index is -0.717. The van der Waals surface area contributed by atoms with Crippen molar-refractivity contribution < 1.29 is 29.2 Å². The summed E-state index contributed by atoms with van der Waals surface area (Å²) in [6.45, 7) is 0.569. The highest BCUT2D eigenvalue weighted by atomic mass is 35.5. The molecule has 1 aliphatic carbocycles. The van der Waals surface area contributed by atoms with Crippen LogP contribution in [0.25, 0.3) is 33.3 Å². The third-order valence-corrected chi connectivity index (χ3v) is 8.08. The van der Waals surface area contributed by atoms with Crippen LogP contribution in [0.4, 0.5) is 0 Å². The normalized spacial score (nSPS) is 27.9. The van der Waals surface area contributed by atoms with E-state index in [-0.39, 0.29) is 36.8 Å². The lowest BCUT2D eigenvalue weighted by Crippen LogP contribution is -2.34. The molecule has 3 aromatic carbocycles. The molecule has 9 heteroatoms. The number of aliphatic hydroxyl groups is 1. The summed E-state index contributed by atoms with van der Waals surface area (Å²) in [5.41, 5.74) is 6.52. The first kappa shape index (κ1) is 23.7. The van der Waals surface area contributed by atoms with Gasteiger partial charge in [-0.15, -0.1) is 0 Å². The number of carboxylic acids is 1. The highest BCUT2D eigenvalue weighted by molar-refractivity contribution is 6.34. The van der Waals surface area contributed by atoms with Crippen molar-refractivity contribution in [1.82, 2.24) is 9.97 Å². The molecule has 2 aliphatic heterocycles. The van der Waals surface area contributed by atoms with Crippen LogP contribution in [0, 0.1) is 5.92 Å². The molecule has 6 atom stereocenters. The molecule has 3 fully saturated rings. The summed E-state index contributed by atoms with van der Waals surface area (Å²) in [5.74, 6) is -0.842. The number of halogens is 1. The number of carbonyl (C=O) groups is 1. The molecule has 1 saturated carbocycles. The second-order valence-electron chi connectivity index (χ2n) is 10.2. The van der Waals surface area contributed by atoms with Gasteiger partial charge < -0.3 is 29.4 Å². The number of imidazole rings is 1. The lowest BCUT2D eigenvalue weighted by atomic mass is 9.98. The number of ether oxygens (including phenoxy) is 3. The number of aromatic amines is 1. The smallest absolute Gasteiger partial charge is 0.307 e. The zero-order valence-electron chi connectivity index (χ0n) is 20.2. The summed E-state index contributed by atoms with van der Waals surface area (Å²) in [5, 5.41) is 19.7. The van der Waals surface area contributed by atoms with Gasteiger partial charge >= 0.3 is 5.97 Å². The number of aromatic nitrogens is 2. The minimum absolute atomic E-state index is 0.126. The molecule has 3 N–H and O–H groups in total. The predicted molar refractivity (Wildman–Crippen MR) is 140 cm³/mol. The van der Waals surface area contributed by atoms with Gasteiger partial charge in [0.2, 0.25) is 0 Å². The number of H-pyrrole nitrogens is 1. The maximum Gasteiger partial charge on any atom is 0.307 e. The second kappa shape index (κ2) is 9.10. The average Bonchev–Trinajstić information content (AvgIpc) is 3.30. The van der Waals surface area contributed by atoms with Crippen molar-refractivity contribution in [3.05, 3.63) is 71.2 Å². The molecular formula is C29H25ClN2O6. The number of aliphatic hydroxyl groups excluding tert-OH is 1. The van der Waals surface area contributed by atoms with Crippen LogP contribution < -0.4 is 4.74 Å². The fourth-order valence-corrected chi connectivity index (χ4v) is 5.85. The summed E-state index contributed by atoms with van der Waals surface area (Å²) in [7, 11) is 0. The number of benzene rings is 3. The number of hydrogen-bond donors (Lipinski definition) is 3. The first-order valence-electron chi connectivity index (χ1n) is 12.7. The topological polar surface area (TPSA) is 114 Å². The molecule has 0 radical (unpaired) electrons. The van der Waals surface area contributed by atoms with Crippen molar-refractivity contribution in [2.45, 2.75) is 36.8 Å². The summed E-state index contributed by atoms with van der Waals surface area (Å²) in [6, 6.07) is 20.4. The van der Waals surface area contributed by atoms with Crippen LogP contribution in [0.2, 0.25) is 5.02 Å². The van der Waals surface area contributed by atoms with Crippen LogP contribution in [-0.4, -0.2) is 63.8 Å². The molecular weight excluding hydrogens is 508 g/mol. The SMILES string of the molecule is O=C(O)C1CC1c1ccc(-c2ccc(-c3cc4nc(O[C@@H]5CO[C@H]6[C@@H]5OC[C@H]6O)[nH]c4cc3Cl)cc2)cc1. The number of hydrogen-bond acceptors (Lipinski definition) is 6. The van der Waals surface area contributed by atoms with Gasteiger partial charge in [0.25, 0.3) is 6.01 Å². The Hall–Kier alpha value is -3.43. The van der Waals surface area contributed by atoms with Crippen LogP contribution in [-0.2, 0) is 14.3 Å². The van der Waals surface area contributed by atoms with E-state index in [2.05, 4.69) is 9.97 Å². The highest BCUT2D eigenvalue weighted by Crippen LogP contribution is 2.47. The van der Waals surface area contributed by atoms with E-state index in [4.69, 9.17) is 25.8 Å². The van der Waals surface area contributed by atoms with E-state index in [9.17, 15) is 15.0 Å². The van der Waals surface area contributed by atoms with Gasteiger partial charge in [-0.3, -0.25) is 4.79 Å². The maximum absolute atomic E-state index is 11.2. The van der Waals surface area contributed by atoms with Gasteiger partial charge in [0.05, 0.1) is 35.2 Å². The Kier molecular flexibility index (Phi) is 5.67. The Labute approximate surface area is 223 Å². The largest absolute Gasteiger partial charge is 0.481 e. The second-order valence-corrected chi connectivity index (χ2v) is 10.6. The molecule has 38 heavy (non-hydrogen) atoms. The third-order valence-electron chi connectivity index (χ3n) is 7.77. The summed E-state index contributed by atoms with van der Waals surface area (Å²) in [4.78, 5) is 18.9. The molecule has 4 aromatic rings. The van der Waals surface area contributed by atoms with E-state index in [0.29, 0.717) is 24.1 Å². The van der Waals surface area contributed by atoms with Crippen molar-refractivity contribution in [1.29, 1.82) is 0 Å². The van der Waals surface area contributed by atoms with E-state index < -0.39 is 12.1 Å². The quantitative estimate of drug-likeness (QED) is 0.331. The van der Waals surface area contributed by atoms with Crippen LogP contribution in [0.3, 0.4) is 0 Å². The number of aliphatic carboxylic acids is 1. The molecule has 2 saturated heterocycles. The standard InChI is InChI=1S/C29H25ClN2O6/c30-21-11-23-22(31-29(32-23)38-25-13-37-26-24(33)12-36-27(25)26)10-19(21)17-7-3-15(4-8-17)14-1-5-16(6-2-14)18-9-20(18)28(34)35/h1-8,10-11,18,20,24-27,33H,9,12-13H2,(H,31,32)(H,34,35)/t18?,20?,24-,25-,26-,27-/m1/s1. The van der Waals surface area contributed by atoms with E-state index in [1.807, 2.05) is 60.7 Å². The summed E-state index contributed by atoms with van der Waals surface area (Å²) >= 11 is 6.65. The van der Waals surface area contributed by atoms with Crippen LogP contribution in [0.5, 0.6) is 6.01 Å². The van der Waals surface area contributed by atoms with E-state index in [0.717, 1.165) is 38.9 Å². The van der Waals surface area contributed by atoms with Gasteiger partial charge in [-0.1, -0.05) is 60.1 Å². The van der Waals surface area contributed by atoms with Gasteiger partial charge in [-0.2, -0.15) is 4.98 Å². The summed E-state index contributed by atoms with van der Waals surface area (Å²) < 4.78 is 17.3. The van der Waals surface area contributed by atoms with Gasteiger partial charge in [0.1, 0.15) is 18.3 Å². The van der Waals surface area contributed by atoms with Gasteiger partial charge in [0.15, 0.2) is 6.10 Å². The Morgan fingerprint density at radius 2 is 1.66 bits per heavy atom. The van der Waals surface area contributed by atoms with Crippen molar-refractivity contribution in [2.75, 3.05) is 13.2 Å². The molecule has 0 spiro atoms. The van der Waals surface area contributed by atoms with Crippen LogP contribution in [0.1, 0.15) is 17.9 Å². The van der Waals surface area contributed by atoms with Gasteiger partial charge in [0, 0.05) is 5.56 Å². The molecule has 0 bridgehead atoms. The van der Waals surface area contributed by atoms with E-state index in [1.165, 1.54) is 0 Å². The lowest BCUT2D eigenvalue weighted by Gasteiger charge is -2.15. The molecule has 8 nitrogen and oxygen atoms in total. The first-order valence-corrected chi connectivity index (χ1v) is 13.0. The van der Waals surface area contributed by atoms with Crippen molar-refractivity contribution in [2.24, 2.45) is 5.92 Å². The number of carboxylic acid groups (broad SMARTS) is 1. The Balaban J connectivity index is 1.08. The lowest BCUT2D eigenvalue weighted by molar-refractivity contribution is -0.138. The predicted octanol–water partition coefficient (Wildman–Crippen LogP) is 4.64. The molecule has 0 amide bonds. The van der Waals surface area contributed by atoms with Crippen molar-refractivity contribution in [3.8, 4) is 28.3 Å². The highest BCUT2D eigenvalue weighted by Gasteiger charge is 2.48. The molecule has 3 aliphatic rings. The Morgan fingerprint density at radius 3 is 2.37 bits per heavy atom. The third kappa shape index (κ3) is 4.14. The summed E-state index contributed by atoms with van der Waals surface area (Å²) in [6.07, 6.45) is -0.953. The first-order chi connectivity index (χ1) is 18.4. The van der Waals surface area contributed by atoms with E-state index >= 15 is 0 Å².